The van der Waals surface area contributed by atoms with Crippen molar-refractivity contribution in [3.63, 3.8) is 0 Å². The lowest BCUT2D eigenvalue weighted by Gasteiger charge is -2.12. The Labute approximate surface area is 152 Å². The first-order valence-corrected chi connectivity index (χ1v) is 8.29. The van der Waals surface area contributed by atoms with E-state index in [1.54, 1.807) is 43.6 Å². The molecule has 0 saturated heterocycles. The van der Waals surface area contributed by atoms with Gasteiger partial charge in [0.1, 0.15) is 5.75 Å². The Morgan fingerprint density at radius 2 is 1.96 bits per heavy atom. The Morgan fingerprint density at radius 3 is 2.73 bits per heavy atom. The molecule has 2 N–H and O–H groups in total. The highest BCUT2D eigenvalue weighted by Gasteiger charge is 2.08. The number of aromatic nitrogens is 1. The lowest BCUT2D eigenvalue weighted by atomic mass is 10.1. The van der Waals surface area contributed by atoms with Gasteiger partial charge in [-0.05, 0) is 41.5 Å². The maximum absolute atomic E-state index is 12.0. The molecule has 1 heterocycles. The van der Waals surface area contributed by atoms with E-state index in [1.807, 2.05) is 30.3 Å². The minimum absolute atomic E-state index is 0.132. The third-order valence-corrected chi connectivity index (χ3v) is 4.07. The van der Waals surface area contributed by atoms with Crippen molar-refractivity contribution in [3.05, 3.63) is 78.0 Å². The standard InChI is InChI=1S/C21H20N2O3/c1-26-17-9-6-16(7-10-17)20(24)14-23-21(25)11-8-15-12-13-22-19-5-3-2-4-18(15)19/h2-13,20,24H,14H2,1H3,(H,23,25)/b11-8+. The number of rotatable bonds is 6. The number of carbonyl (C=O) groups excluding carboxylic acids is 1. The lowest BCUT2D eigenvalue weighted by Crippen LogP contribution is -2.26. The van der Waals surface area contributed by atoms with E-state index in [0.29, 0.717) is 0 Å². The van der Waals surface area contributed by atoms with Crippen LogP contribution in [0, 0.1) is 0 Å². The average molecular weight is 348 g/mol. The first-order valence-electron chi connectivity index (χ1n) is 8.29. The monoisotopic (exact) mass is 348 g/mol. The molecule has 5 heteroatoms. The van der Waals surface area contributed by atoms with Crippen LogP contribution in [0.5, 0.6) is 5.75 Å². The van der Waals surface area contributed by atoms with Crippen LogP contribution in [-0.4, -0.2) is 29.7 Å². The van der Waals surface area contributed by atoms with Crippen molar-refractivity contribution >= 4 is 22.9 Å². The molecule has 0 aliphatic rings. The predicted octanol–water partition coefficient (Wildman–Crippen LogP) is 3.11. The molecular weight excluding hydrogens is 328 g/mol. The van der Waals surface area contributed by atoms with Crippen LogP contribution < -0.4 is 10.1 Å². The number of hydrogen-bond acceptors (Lipinski definition) is 4. The zero-order valence-corrected chi connectivity index (χ0v) is 14.4. The first-order chi connectivity index (χ1) is 12.7. The van der Waals surface area contributed by atoms with Gasteiger partial charge in [0.25, 0.3) is 0 Å². The Morgan fingerprint density at radius 1 is 1.19 bits per heavy atom. The van der Waals surface area contributed by atoms with Crippen LogP contribution in [0.4, 0.5) is 0 Å². The molecule has 1 unspecified atom stereocenters. The normalized spacial score (nSPS) is 12.2. The largest absolute Gasteiger partial charge is 0.497 e. The van der Waals surface area contributed by atoms with Crippen molar-refractivity contribution < 1.29 is 14.6 Å². The number of nitrogens with zero attached hydrogens (tertiary/aromatic N) is 1. The summed E-state index contributed by atoms with van der Waals surface area (Å²) >= 11 is 0. The molecule has 0 bridgehead atoms. The summed E-state index contributed by atoms with van der Waals surface area (Å²) in [4.78, 5) is 16.3. The first kappa shape index (κ1) is 17.6. The number of fused-ring (bicyclic) bond motifs is 1. The lowest BCUT2D eigenvalue weighted by molar-refractivity contribution is -0.116. The summed E-state index contributed by atoms with van der Waals surface area (Å²) in [5.41, 5.74) is 2.52. The van der Waals surface area contributed by atoms with E-state index >= 15 is 0 Å². The topological polar surface area (TPSA) is 71.5 Å². The van der Waals surface area contributed by atoms with Crippen LogP contribution >= 0.6 is 0 Å². The van der Waals surface area contributed by atoms with Crippen LogP contribution in [0.25, 0.3) is 17.0 Å². The van der Waals surface area contributed by atoms with Gasteiger partial charge >= 0.3 is 0 Å². The van der Waals surface area contributed by atoms with E-state index in [1.165, 1.54) is 6.08 Å². The van der Waals surface area contributed by atoms with Crippen LogP contribution in [0.3, 0.4) is 0 Å². The van der Waals surface area contributed by atoms with Crippen molar-refractivity contribution in [2.45, 2.75) is 6.10 Å². The molecule has 2 aromatic carbocycles. The number of amides is 1. The van der Waals surface area contributed by atoms with Gasteiger partial charge in [0, 0.05) is 24.2 Å². The number of benzene rings is 2. The van der Waals surface area contributed by atoms with Gasteiger partial charge in [-0.2, -0.15) is 0 Å². The number of aliphatic hydroxyl groups excluding tert-OH is 1. The van der Waals surface area contributed by atoms with Gasteiger partial charge in [-0.3, -0.25) is 9.78 Å². The maximum Gasteiger partial charge on any atom is 0.244 e. The molecule has 0 spiro atoms. The number of ether oxygens (including phenoxy) is 1. The van der Waals surface area contributed by atoms with E-state index in [2.05, 4.69) is 10.3 Å². The van der Waals surface area contributed by atoms with E-state index in [9.17, 15) is 9.90 Å². The van der Waals surface area contributed by atoms with Crippen molar-refractivity contribution in [1.29, 1.82) is 0 Å². The van der Waals surface area contributed by atoms with Crippen molar-refractivity contribution in [2.75, 3.05) is 13.7 Å². The Kier molecular flexibility index (Phi) is 5.61. The highest BCUT2D eigenvalue weighted by molar-refractivity contribution is 5.95. The molecule has 0 aliphatic heterocycles. The van der Waals surface area contributed by atoms with Crippen LogP contribution in [0.15, 0.2) is 66.9 Å². The third kappa shape index (κ3) is 4.26. The Hall–Kier alpha value is -3.18. The molecule has 0 saturated carbocycles. The van der Waals surface area contributed by atoms with Crippen molar-refractivity contribution in [2.24, 2.45) is 0 Å². The van der Waals surface area contributed by atoms with E-state index in [0.717, 1.165) is 27.8 Å². The molecule has 3 rings (SSSR count). The van der Waals surface area contributed by atoms with Gasteiger partial charge in [0.2, 0.25) is 5.91 Å². The molecular formula is C21H20N2O3. The minimum Gasteiger partial charge on any atom is -0.497 e. The van der Waals surface area contributed by atoms with Crippen LogP contribution in [-0.2, 0) is 4.79 Å². The maximum atomic E-state index is 12.0. The number of nitrogens with one attached hydrogen (secondary N) is 1. The van der Waals surface area contributed by atoms with Crippen molar-refractivity contribution in [1.82, 2.24) is 10.3 Å². The molecule has 1 amide bonds. The molecule has 0 fully saturated rings. The number of hydrogen-bond donors (Lipinski definition) is 2. The van der Waals surface area contributed by atoms with Crippen LogP contribution in [0.1, 0.15) is 17.2 Å². The molecule has 3 aromatic rings. The zero-order valence-electron chi connectivity index (χ0n) is 14.4. The van der Waals surface area contributed by atoms with Gasteiger partial charge in [-0.1, -0.05) is 30.3 Å². The summed E-state index contributed by atoms with van der Waals surface area (Å²) in [7, 11) is 1.59. The summed E-state index contributed by atoms with van der Waals surface area (Å²) in [5, 5.41) is 13.9. The molecule has 26 heavy (non-hydrogen) atoms. The fourth-order valence-corrected chi connectivity index (χ4v) is 2.63. The molecule has 5 nitrogen and oxygen atoms in total. The SMILES string of the molecule is COc1ccc(C(O)CNC(=O)/C=C/c2ccnc3ccccc23)cc1. The smallest absolute Gasteiger partial charge is 0.244 e. The second-order valence-electron chi connectivity index (χ2n) is 5.78. The molecule has 0 aliphatic carbocycles. The Balaban J connectivity index is 1.60. The fraction of sp³-hybridized carbons (Fsp3) is 0.143. The number of carbonyl (C=O) groups is 1. The highest BCUT2D eigenvalue weighted by Crippen LogP contribution is 2.18. The van der Waals surface area contributed by atoms with Crippen molar-refractivity contribution in [3.8, 4) is 5.75 Å². The second kappa shape index (κ2) is 8.27. The third-order valence-electron chi connectivity index (χ3n) is 4.07. The fourth-order valence-electron chi connectivity index (χ4n) is 2.63. The highest BCUT2D eigenvalue weighted by atomic mass is 16.5. The summed E-state index contributed by atoms with van der Waals surface area (Å²) in [6, 6.07) is 16.7. The summed E-state index contributed by atoms with van der Waals surface area (Å²) in [5.74, 6) is 0.455. The van der Waals surface area contributed by atoms with E-state index in [4.69, 9.17) is 4.74 Å². The molecule has 0 radical (unpaired) electrons. The summed E-state index contributed by atoms with van der Waals surface area (Å²) in [6.07, 6.45) is 4.15. The van der Waals surface area contributed by atoms with Gasteiger partial charge in [0.15, 0.2) is 0 Å². The number of methoxy groups -OCH3 is 1. The number of aliphatic hydroxyl groups is 1. The quantitative estimate of drug-likeness (QED) is 0.672. The van der Waals surface area contributed by atoms with Gasteiger partial charge in [0.05, 0.1) is 18.7 Å². The predicted molar refractivity (Wildman–Crippen MR) is 102 cm³/mol. The second-order valence-corrected chi connectivity index (χ2v) is 5.78. The van der Waals surface area contributed by atoms with Crippen LogP contribution in [0.2, 0.25) is 0 Å². The average Bonchev–Trinajstić information content (AvgIpc) is 2.70. The molecule has 132 valence electrons. The Bertz CT molecular complexity index is 915. The summed E-state index contributed by atoms with van der Waals surface area (Å²) < 4.78 is 5.09. The van der Waals surface area contributed by atoms with Gasteiger partial charge in [-0.15, -0.1) is 0 Å². The number of para-hydroxylation sites is 1. The minimum atomic E-state index is -0.778. The van der Waals surface area contributed by atoms with Gasteiger partial charge in [-0.25, -0.2) is 0 Å². The van der Waals surface area contributed by atoms with E-state index in [-0.39, 0.29) is 12.5 Å². The summed E-state index contributed by atoms with van der Waals surface area (Å²) in [6.45, 7) is 0.132. The van der Waals surface area contributed by atoms with E-state index < -0.39 is 6.10 Å². The van der Waals surface area contributed by atoms with Gasteiger partial charge < -0.3 is 15.2 Å². The number of pyridine rings is 1. The zero-order chi connectivity index (χ0) is 18.4. The molecule has 1 aromatic heterocycles. The molecule has 1 atom stereocenters.